The van der Waals surface area contributed by atoms with E-state index < -0.39 is 0 Å². The van der Waals surface area contributed by atoms with Crippen molar-refractivity contribution in [3.8, 4) is 11.8 Å². The second kappa shape index (κ2) is 12.6. The molecule has 140 valence electrons. The van der Waals surface area contributed by atoms with E-state index in [0.29, 0.717) is 0 Å². The van der Waals surface area contributed by atoms with Gasteiger partial charge in [-0.2, -0.15) is 0 Å². The smallest absolute Gasteiger partial charge is 0.0109 e. The Balaban J connectivity index is 1.67. The molecule has 0 atom stereocenters. The van der Waals surface area contributed by atoms with E-state index in [1.54, 1.807) is 0 Å². The molecule has 0 amide bonds. The third-order valence-electron chi connectivity index (χ3n) is 5.52. The molecule has 26 heavy (non-hydrogen) atoms. The molecule has 0 aromatic heterocycles. The predicted molar refractivity (Wildman–Crippen MR) is 116 cm³/mol. The van der Waals surface area contributed by atoms with Crippen LogP contribution < -0.4 is 0 Å². The minimum Gasteiger partial charge on any atom is -0.0730 e. The largest absolute Gasteiger partial charge is 0.0730 e. The van der Waals surface area contributed by atoms with Crippen LogP contribution in [-0.2, 0) is 6.42 Å². The number of hydrogen-bond acceptors (Lipinski definition) is 0. The molecule has 2 rings (SSSR count). The third kappa shape index (κ3) is 8.09. The van der Waals surface area contributed by atoms with Crippen LogP contribution in [0.3, 0.4) is 0 Å². The highest BCUT2D eigenvalue weighted by Crippen LogP contribution is 2.32. The number of allylic oxidation sites excluding steroid dienone is 3. The third-order valence-corrected chi connectivity index (χ3v) is 5.52. The van der Waals surface area contributed by atoms with Crippen LogP contribution in [0.15, 0.2) is 42.5 Å². The SMILES string of the molecule is CCCCC[C@H]1CC[C@H](C=CC#CC=Cc2ccc(CCC)cc2)CC1. The molecule has 1 aromatic rings. The summed E-state index contributed by atoms with van der Waals surface area (Å²) >= 11 is 0. The second-order valence-corrected chi connectivity index (χ2v) is 7.75. The first kappa shape index (κ1) is 20.6. The summed E-state index contributed by atoms with van der Waals surface area (Å²) in [7, 11) is 0. The fraction of sp³-hybridized carbons (Fsp3) is 0.538. The summed E-state index contributed by atoms with van der Waals surface area (Å²) in [6.45, 7) is 4.51. The number of benzene rings is 1. The molecule has 1 fully saturated rings. The van der Waals surface area contributed by atoms with Gasteiger partial charge in [-0.05, 0) is 73.3 Å². The van der Waals surface area contributed by atoms with Gasteiger partial charge in [0.25, 0.3) is 0 Å². The van der Waals surface area contributed by atoms with Crippen molar-refractivity contribution in [2.45, 2.75) is 78.1 Å². The topological polar surface area (TPSA) is 0 Å². The molecule has 0 radical (unpaired) electrons. The maximum absolute atomic E-state index is 3.17. The van der Waals surface area contributed by atoms with Gasteiger partial charge in [-0.1, -0.05) is 88.1 Å². The van der Waals surface area contributed by atoms with E-state index in [4.69, 9.17) is 0 Å². The minimum atomic E-state index is 0.752. The van der Waals surface area contributed by atoms with Crippen LogP contribution in [0.4, 0.5) is 0 Å². The van der Waals surface area contributed by atoms with E-state index in [2.05, 4.69) is 68.2 Å². The number of hydrogen-bond donors (Lipinski definition) is 0. The Morgan fingerprint density at radius 2 is 1.62 bits per heavy atom. The number of rotatable bonds is 8. The molecule has 0 bridgehead atoms. The molecule has 0 nitrogen and oxygen atoms in total. The van der Waals surface area contributed by atoms with Gasteiger partial charge in [0.2, 0.25) is 0 Å². The van der Waals surface area contributed by atoms with E-state index in [1.165, 1.54) is 68.9 Å². The summed E-state index contributed by atoms with van der Waals surface area (Å²) in [5.74, 6) is 8.05. The van der Waals surface area contributed by atoms with Gasteiger partial charge in [-0.15, -0.1) is 0 Å². The summed E-state index contributed by atoms with van der Waals surface area (Å²) in [4.78, 5) is 0. The first-order valence-corrected chi connectivity index (χ1v) is 10.7. The molecule has 1 saturated carbocycles. The minimum absolute atomic E-state index is 0.752. The fourth-order valence-electron chi connectivity index (χ4n) is 3.85. The molecule has 0 unspecified atom stereocenters. The zero-order valence-electron chi connectivity index (χ0n) is 16.8. The summed E-state index contributed by atoms with van der Waals surface area (Å²) in [5.41, 5.74) is 2.64. The average Bonchev–Trinajstić information content (AvgIpc) is 2.67. The van der Waals surface area contributed by atoms with Crippen molar-refractivity contribution in [2.75, 3.05) is 0 Å². The molecule has 1 aromatic carbocycles. The molecule has 0 heteroatoms. The van der Waals surface area contributed by atoms with Gasteiger partial charge in [0.15, 0.2) is 0 Å². The molecule has 0 spiro atoms. The first-order valence-electron chi connectivity index (χ1n) is 10.7. The Morgan fingerprint density at radius 1 is 0.885 bits per heavy atom. The van der Waals surface area contributed by atoms with Crippen molar-refractivity contribution in [2.24, 2.45) is 11.8 Å². The molecule has 1 aliphatic rings. The van der Waals surface area contributed by atoms with Crippen molar-refractivity contribution in [1.29, 1.82) is 0 Å². The summed E-state index contributed by atoms with van der Waals surface area (Å²) in [6, 6.07) is 8.79. The number of unbranched alkanes of at least 4 members (excludes halogenated alkanes) is 2. The van der Waals surface area contributed by atoms with E-state index in [-0.39, 0.29) is 0 Å². The zero-order valence-corrected chi connectivity index (χ0v) is 16.8. The van der Waals surface area contributed by atoms with Gasteiger partial charge in [-0.3, -0.25) is 0 Å². The van der Waals surface area contributed by atoms with Crippen LogP contribution in [0.25, 0.3) is 6.08 Å². The second-order valence-electron chi connectivity index (χ2n) is 7.75. The highest BCUT2D eigenvalue weighted by atomic mass is 14.2. The van der Waals surface area contributed by atoms with Crippen molar-refractivity contribution >= 4 is 6.08 Å². The van der Waals surface area contributed by atoms with Crippen LogP contribution in [0.1, 0.15) is 82.8 Å². The van der Waals surface area contributed by atoms with Crippen LogP contribution in [0.2, 0.25) is 0 Å². The Bertz CT molecular complexity index is 598. The van der Waals surface area contributed by atoms with E-state index >= 15 is 0 Å². The zero-order chi connectivity index (χ0) is 18.5. The highest BCUT2D eigenvalue weighted by molar-refractivity contribution is 5.53. The van der Waals surface area contributed by atoms with Crippen LogP contribution in [0.5, 0.6) is 0 Å². The summed E-state index contributed by atoms with van der Waals surface area (Å²) in [5, 5.41) is 0. The molecule has 1 aliphatic carbocycles. The van der Waals surface area contributed by atoms with Gasteiger partial charge >= 0.3 is 0 Å². The average molecular weight is 349 g/mol. The van der Waals surface area contributed by atoms with Crippen LogP contribution in [0, 0.1) is 23.7 Å². The first-order chi connectivity index (χ1) is 12.8. The molecule has 0 heterocycles. The quantitative estimate of drug-likeness (QED) is 0.335. The van der Waals surface area contributed by atoms with E-state index in [9.17, 15) is 0 Å². The lowest BCUT2D eigenvalue weighted by atomic mass is 9.79. The van der Waals surface area contributed by atoms with E-state index in [1.807, 2.05) is 6.08 Å². The monoisotopic (exact) mass is 348 g/mol. The van der Waals surface area contributed by atoms with Gasteiger partial charge in [0, 0.05) is 0 Å². The van der Waals surface area contributed by atoms with Crippen molar-refractivity contribution in [1.82, 2.24) is 0 Å². The Kier molecular flexibility index (Phi) is 9.96. The summed E-state index contributed by atoms with van der Waals surface area (Å²) in [6.07, 6.45) is 22.0. The molecule has 0 saturated heterocycles. The lowest BCUT2D eigenvalue weighted by Crippen LogP contribution is -2.12. The molecular weight excluding hydrogens is 312 g/mol. The highest BCUT2D eigenvalue weighted by Gasteiger charge is 2.18. The Labute approximate surface area is 161 Å². The normalized spacial score (nSPS) is 20.4. The van der Waals surface area contributed by atoms with Gasteiger partial charge in [-0.25, -0.2) is 0 Å². The maximum Gasteiger partial charge on any atom is -0.0109 e. The van der Waals surface area contributed by atoms with Crippen LogP contribution in [-0.4, -0.2) is 0 Å². The van der Waals surface area contributed by atoms with E-state index in [0.717, 1.165) is 18.3 Å². The molecular formula is C26H36. The molecule has 0 N–H and O–H groups in total. The van der Waals surface area contributed by atoms with Crippen molar-refractivity contribution in [3.63, 3.8) is 0 Å². The van der Waals surface area contributed by atoms with Gasteiger partial charge < -0.3 is 0 Å². The van der Waals surface area contributed by atoms with Gasteiger partial charge in [0.05, 0.1) is 0 Å². The van der Waals surface area contributed by atoms with Crippen molar-refractivity contribution in [3.05, 3.63) is 53.6 Å². The fourth-order valence-corrected chi connectivity index (χ4v) is 3.85. The predicted octanol–water partition coefficient (Wildman–Crippen LogP) is 7.60. The lowest BCUT2D eigenvalue weighted by Gasteiger charge is -2.26. The lowest BCUT2D eigenvalue weighted by molar-refractivity contribution is 0.289. The number of aryl methyl sites for hydroxylation is 1. The standard InChI is InChI=1S/C26H36/c1-3-5-8-12-24-19-21-26(22-20-24)14-10-7-6-9-13-25-17-15-23(11-4-2)16-18-25/h9-10,13-18,24,26H,3-5,8,11-12,19-22H2,1-2H3/t24-,26-. The Morgan fingerprint density at radius 3 is 2.31 bits per heavy atom. The Hall–Kier alpha value is -1.74. The van der Waals surface area contributed by atoms with Crippen molar-refractivity contribution < 1.29 is 0 Å². The summed E-state index contributed by atoms with van der Waals surface area (Å²) < 4.78 is 0. The molecule has 0 aliphatic heterocycles. The van der Waals surface area contributed by atoms with Crippen LogP contribution >= 0.6 is 0 Å². The maximum atomic E-state index is 3.17. The van der Waals surface area contributed by atoms with Gasteiger partial charge in [0.1, 0.15) is 0 Å².